The molecule has 0 fully saturated rings. The van der Waals surface area contributed by atoms with E-state index in [4.69, 9.17) is 0 Å². The van der Waals surface area contributed by atoms with Crippen LogP contribution in [0.3, 0.4) is 0 Å². The molecule has 0 aliphatic heterocycles. The maximum atomic E-state index is 4.54. The van der Waals surface area contributed by atoms with Crippen LogP contribution < -0.4 is 4.57 Å². The molecule has 3 aromatic rings. The lowest BCUT2D eigenvalue weighted by Gasteiger charge is -1.96. The van der Waals surface area contributed by atoms with Gasteiger partial charge in [-0.3, -0.25) is 0 Å². The minimum Gasteiger partial charge on any atom is -0.331 e. The molecule has 0 amide bonds. The van der Waals surface area contributed by atoms with Crippen LogP contribution in [0.4, 0.5) is 0 Å². The predicted octanol–water partition coefficient (Wildman–Crippen LogP) is 2.16. The summed E-state index contributed by atoms with van der Waals surface area (Å²) < 4.78 is 4.19. The zero-order chi connectivity index (χ0) is 11.8. The number of pyridine rings is 1. The van der Waals surface area contributed by atoms with E-state index in [1.165, 1.54) is 0 Å². The van der Waals surface area contributed by atoms with E-state index in [-0.39, 0.29) is 0 Å². The molecule has 17 heavy (non-hydrogen) atoms. The highest BCUT2D eigenvalue weighted by Gasteiger charge is 2.10. The summed E-state index contributed by atoms with van der Waals surface area (Å²) in [4.78, 5) is 4.54. The van der Waals surface area contributed by atoms with Crippen molar-refractivity contribution in [1.82, 2.24) is 9.55 Å². The van der Waals surface area contributed by atoms with Crippen molar-refractivity contribution in [3.05, 3.63) is 54.6 Å². The molecule has 0 saturated carbocycles. The number of hydrogen-bond acceptors (Lipinski definition) is 1. The van der Waals surface area contributed by atoms with E-state index in [2.05, 4.69) is 44.7 Å². The van der Waals surface area contributed by atoms with Crippen molar-refractivity contribution in [2.45, 2.75) is 6.92 Å². The Morgan fingerprint density at radius 2 is 1.88 bits per heavy atom. The molecule has 3 heteroatoms. The number of fused-ring (bicyclic) bond motifs is 1. The summed E-state index contributed by atoms with van der Waals surface area (Å²) in [5.74, 6) is 1.03. The van der Waals surface area contributed by atoms with E-state index in [1.54, 1.807) is 0 Å². The van der Waals surface area contributed by atoms with Gasteiger partial charge in [-0.1, -0.05) is 18.2 Å². The lowest BCUT2D eigenvalue weighted by molar-refractivity contribution is -0.594. The van der Waals surface area contributed by atoms with Gasteiger partial charge in [0, 0.05) is 25.2 Å². The van der Waals surface area contributed by atoms with Crippen molar-refractivity contribution >= 4 is 11.0 Å². The molecule has 0 atom stereocenters. The Morgan fingerprint density at radius 3 is 2.65 bits per heavy atom. The third-order valence-corrected chi connectivity index (χ3v) is 3.10. The third-order valence-electron chi connectivity index (χ3n) is 3.10. The monoisotopic (exact) mass is 224 g/mol. The fourth-order valence-corrected chi connectivity index (χ4v) is 2.03. The van der Waals surface area contributed by atoms with Crippen molar-refractivity contribution in [3.63, 3.8) is 0 Å². The molecule has 0 unspecified atom stereocenters. The van der Waals surface area contributed by atoms with Crippen molar-refractivity contribution < 1.29 is 4.57 Å². The Bertz CT molecular complexity index is 669. The number of imidazole rings is 1. The van der Waals surface area contributed by atoms with Gasteiger partial charge in [0.05, 0.1) is 5.52 Å². The molecule has 0 spiro atoms. The number of hydrogen-bond donors (Lipinski definition) is 0. The molecular formula is C14H14N3+. The quantitative estimate of drug-likeness (QED) is 0.580. The molecule has 0 N–H and O–H groups in total. The topological polar surface area (TPSA) is 21.7 Å². The maximum absolute atomic E-state index is 4.54. The summed E-state index contributed by atoms with van der Waals surface area (Å²) in [5, 5.41) is 0. The van der Waals surface area contributed by atoms with Gasteiger partial charge in [0.25, 0.3) is 0 Å². The van der Waals surface area contributed by atoms with Gasteiger partial charge in [-0.05, 0) is 6.92 Å². The minimum atomic E-state index is 1.02. The highest BCUT2D eigenvalue weighted by molar-refractivity contribution is 5.73. The largest absolute Gasteiger partial charge is 0.331 e. The number of aryl methyl sites for hydroxylation is 2. The molecule has 3 rings (SSSR count). The number of aromatic nitrogens is 3. The standard InChI is InChI=1S/C14H14N3/c1-11-15-13-10-17(9-8-14(13)16(11)2)12-6-4-3-5-7-12/h3-10H,1-2H3/q+1. The van der Waals surface area contributed by atoms with Crippen molar-refractivity contribution in [1.29, 1.82) is 0 Å². The van der Waals surface area contributed by atoms with Crippen LogP contribution in [0.1, 0.15) is 5.82 Å². The zero-order valence-corrected chi connectivity index (χ0v) is 9.96. The molecule has 0 aliphatic rings. The number of rotatable bonds is 1. The van der Waals surface area contributed by atoms with Gasteiger partial charge < -0.3 is 4.57 Å². The smallest absolute Gasteiger partial charge is 0.210 e. The SMILES string of the molecule is Cc1nc2c[n+](-c3ccccc3)ccc2n1C. The summed E-state index contributed by atoms with van der Waals surface area (Å²) in [6, 6.07) is 12.4. The van der Waals surface area contributed by atoms with Crippen LogP contribution in [-0.2, 0) is 7.05 Å². The van der Waals surface area contributed by atoms with Crippen LogP contribution in [0, 0.1) is 6.92 Å². The van der Waals surface area contributed by atoms with Gasteiger partial charge in [-0.2, -0.15) is 4.57 Å². The number of para-hydroxylation sites is 1. The van der Waals surface area contributed by atoms with E-state index in [1.807, 2.05) is 32.2 Å². The summed E-state index contributed by atoms with van der Waals surface area (Å²) in [6.07, 6.45) is 4.14. The van der Waals surface area contributed by atoms with Crippen LogP contribution >= 0.6 is 0 Å². The average molecular weight is 224 g/mol. The Hall–Kier alpha value is -2.16. The van der Waals surface area contributed by atoms with Crippen LogP contribution in [0.15, 0.2) is 48.8 Å². The van der Waals surface area contributed by atoms with Gasteiger partial charge in [-0.15, -0.1) is 0 Å². The second kappa shape index (κ2) is 3.70. The van der Waals surface area contributed by atoms with Crippen LogP contribution in [-0.4, -0.2) is 9.55 Å². The van der Waals surface area contributed by atoms with Gasteiger partial charge in [0.2, 0.25) is 11.9 Å². The molecule has 1 aromatic carbocycles. The van der Waals surface area contributed by atoms with Gasteiger partial charge >= 0.3 is 0 Å². The van der Waals surface area contributed by atoms with Crippen LogP contribution in [0.5, 0.6) is 0 Å². The summed E-state index contributed by atoms with van der Waals surface area (Å²) in [5.41, 5.74) is 3.34. The van der Waals surface area contributed by atoms with E-state index in [0.717, 1.165) is 22.5 Å². The first-order chi connectivity index (χ1) is 8.25. The van der Waals surface area contributed by atoms with E-state index in [0.29, 0.717) is 0 Å². The Kier molecular flexibility index (Phi) is 2.18. The highest BCUT2D eigenvalue weighted by Crippen LogP contribution is 2.12. The van der Waals surface area contributed by atoms with Crippen LogP contribution in [0.25, 0.3) is 16.7 Å². The summed E-state index contributed by atoms with van der Waals surface area (Å²) in [7, 11) is 2.04. The van der Waals surface area contributed by atoms with Gasteiger partial charge in [0.15, 0.2) is 11.7 Å². The molecule has 0 saturated heterocycles. The minimum absolute atomic E-state index is 1.02. The fourth-order valence-electron chi connectivity index (χ4n) is 2.03. The molecule has 84 valence electrons. The third kappa shape index (κ3) is 1.60. The Morgan fingerprint density at radius 1 is 1.12 bits per heavy atom. The maximum Gasteiger partial charge on any atom is 0.210 e. The van der Waals surface area contributed by atoms with Crippen LogP contribution in [0.2, 0.25) is 0 Å². The normalized spacial score (nSPS) is 10.9. The molecule has 0 radical (unpaired) electrons. The second-order valence-electron chi connectivity index (χ2n) is 4.18. The first-order valence-corrected chi connectivity index (χ1v) is 5.65. The number of benzene rings is 1. The highest BCUT2D eigenvalue weighted by atomic mass is 15.1. The van der Waals surface area contributed by atoms with E-state index in [9.17, 15) is 0 Å². The molecule has 0 bridgehead atoms. The molecule has 2 heterocycles. The number of nitrogens with zero attached hydrogens (tertiary/aromatic N) is 3. The molecule has 0 aliphatic carbocycles. The van der Waals surface area contributed by atoms with Crippen molar-refractivity contribution in [3.8, 4) is 5.69 Å². The van der Waals surface area contributed by atoms with Crippen molar-refractivity contribution in [2.24, 2.45) is 7.05 Å². The first kappa shape index (κ1) is 10.0. The Labute approximate surface area is 100.0 Å². The fraction of sp³-hybridized carbons (Fsp3) is 0.143. The molecular weight excluding hydrogens is 210 g/mol. The second-order valence-corrected chi connectivity index (χ2v) is 4.18. The van der Waals surface area contributed by atoms with Gasteiger partial charge in [0.1, 0.15) is 5.82 Å². The van der Waals surface area contributed by atoms with Gasteiger partial charge in [-0.25, -0.2) is 4.98 Å². The van der Waals surface area contributed by atoms with Crippen molar-refractivity contribution in [2.75, 3.05) is 0 Å². The lowest BCUT2D eigenvalue weighted by atomic mass is 10.3. The summed E-state index contributed by atoms with van der Waals surface area (Å²) in [6.45, 7) is 2.02. The Balaban J connectivity index is 2.21. The van der Waals surface area contributed by atoms with E-state index >= 15 is 0 Å². The molecule has 3 nitrogen and oxygen atoms in total. The molecule has 2 aromatic heterocycles. The average Bonchev–Trinajstić information content (AvgIpc) is 2.66. The predicted molar refractivity (Wildman–Crippen MR) is 67.0 cm³/mol. The summed E-state index contributed by atoms with van der Waals surface area (Å²) >= 11 is 0. The first-order valence-electron chi connectivity index (χ1n) is 5.65. The van der Waals surface area contributed by atoms with E-state index < -0.39 is 0 Å². The zero-order valence-electron chi connectivity index (χ0n) is 9.96. The lowest BCUT2D eigenvalue weighted by Crippen LogP contribution is -2.29.